The molecule has 1 aromatic heterocycles. The summed E-state index contributed by atoms with van der Waals surface area (Å²) in [7, 11) is 0. The van der Waals surface area contributed by atoms with Gasteiger partial charge in [0.05, 0.1) is 5.92 Å². The maximum absolute atomic E-state index is 13.3. The zero-order chi connectivity index (χ0) is 21.8. The second-order valence-corrected chi connectivity index (χ2v) is 7.93. The van der Waals surface area contributed by atoms with Crippen LogP contribution in [0.3, 0.4) is 0 Å². The van der Waals surface area contributed by atoms with Gasteiger partial charge >= 0.3 is 0 Å². The number of aryl methyl sites for hydroxylation is 1. The van der Waals surface area contributed by atoms with Crippen LogP contribution in [0.15, 0.2) is 54.9 Å². The molecule has 2 amide bonds. The highest BCUT2D eigenvalue weighted by molar-refractivity contribution is 5.91. The maximum Gasteiger partial charge on any atom is 0.291 e. The summed E-state index contributed by atoms with van der Waals surface area (Å²) in [5, 5.41) is 6.42. The Bertz CT molecular complexity index is 1050. The third-order valence-corrected chi connectivity index (χ3v) is 5.87. The van der Waals surface area contributed by atoms with E-state index >= 15 is 0 Å². The summed E-state index contributed by atoms with van der Waals surface area (Å²) in [5.74, 6) is -0.244. The fraction of sp³-hybridized carbons (Fsp3) is 0.333. The van der Waals surface area contributed by atoms with Gasteiger partial charge in [0.15, 0.2) is 0 Å². The van der Waals surface area contributed by atoms with Crippen molar-refractivity contribution in [3.8, 4) is 11.1 Å². The van der Waals surface area contributed by atoms with E-state index < -0.39 is 0 Å². The Kier molecular flexibility index (Phi) is 6.11. The lowest BCUT2D eigenvalue weighted by Crippen LogP contribution is -2.38. The molecule has 31 heavy (non-hydrogen) atoms. The van der Waals surface area contributed by atoms with Gasteiger partial charge in [-0.15, -0.1) is 0 Å². The van der Waals surface area contributed by atoms with Crippen molar-refractivity contribution in [2.24, 2.45) is 5.92 Å². The standard InChI is InChI=1S/C24H27N5O2/c1-3-28-12-13-29(24(31)22-25-16-26-27-22)15-20(23(28)30)14-19-6-4-5-7-21(19)18-10-8-17(2)9-11-18/h4-11,16,20H,3,12-15H2,1-2H3,(H,25,26,27)/t20-/m1/s1. The average molecular weight is 418 g/mol. The molecule has 7 heteroatoms. The molecule has 0 saturated carbocycles. The van der Waals surface area contributed by atoms with Crippen molar-refractivity contribution in [3.05, 3.63) is 71.8 Å². The molecule has 1 aliphatic heterocycles. The van der Waals surface area contributed by atoms with Gasteiger partial charge in [-0.3, -0.25) is 14.7 Å². The van der Waals surface area contributed by atoms with E-state index in [1.807, 2.05) is 24.0 Å². The van der Waals surface area contributed by atoms with E-state index in [1.54, 1.807) is 4.90 Å². The number of carbonyl (C=O) groups is 2. The molecular weight excluding hydrogens is 390 g/mol. The number of carbonyl (C=O) groups excluding carboxylic acids is 2. The molecule has 0 unspecified atom stereocenters. The smallest absolute Gasteiger partial charge is 0.291 e. The molecule has 0 radical (unpaired) electrons. The van der Waals surface area contributed by atoms with Crippen LogP contribution in [0.2, 0.25) is 0 Å². The number of benzene rings is 2. The van der Waals surface area contributed by atoms with Crippen LogP contribution in [0, 0.1) is 12.8 Å². The van der Waals surface area contributed by atoms with Gasteiger partial charge < -0.3 is 9.80 Å². The zero-order valence-electron chi connectivity index (χ0n) is 17.9. The van der Waals surface area contributed by atoms with Crippen molar-refractivity contribution in [2.75, 3.05) is 26.2 Å². The summed E-state index contributed by atoms with van der Waals surface area (Å²) in [6, 6.07) is 16.6. The summed E-state index contributed by atoms with van der Waals surface area (Å²) < 4.78 is 0. The van der Waals surface area contributed by atoms with Crippen LogP contribution in [0.25, 0.3) is 11.1 Å². The number of rotatable bonds is 5. The molecule has 2 heterocycles. The van der Waals surface area contributed by atoms with E-state index in [9.17, 15) is 9.59 Å². The Morgan fingerprint density at radius 2 is 1.90 bits per heavy atom. The molecule has 1 N–H and O–H groups in total. The van der Waals surface area contributed by atoms with Crippen LogP contribution in [-0.2, 0) is 11.2 Å². The van der Waals surface area contributed by atoms with Gasteiger partial charge in [0.25, 0.3) is 5.91 Å². The maximum atomic E-state index is 13.3. The van der Waals surface area contributed by atoms with Crippen LogP contribution in [-0.4, -0.2) is 63.0 Å². The molecule has 4 rings (SSSR count). The van der Waals surface area contributed by atoms with Gasteiger partial charge in [-0.25, -0.2) is 4.98 Å². The van der Waals surface area contributed by atoms with E-state index in [0.29, 0.717) is 32.6 Å². The SMILES string of the molecule is CCN1CCN(C(=O)c2ncn[nH]2)C[C@@H](Cc2ccccc2-c2ccc(C)cc2)C1=O. The van der Waals surface area contributed by atoms with Gasteiger partial charge in [0.1, 0.15) is 6.33 Å². The molecule has 0 bridgehead atoms. The van der Waals surface area contributed by atoms with Gasteiger partial charge in [-0.05, 0) is 37.0 Å². The van der Waals surface area contributed by atoms with Crippen molar-refractivity contribution < 1.29 is 9.59 Å². The number of H-pyrrole nitrogens is 1. The molecule has 7 nitrogen and oxygen atoms in total. The van der Waals surface area contributed by atoms with Crippen LogP contribution in [0.4, 0.5) is 0 Å². The average Bonchev–Trinajstić information content (AvgIpc) is 3.28. The van der Waals surface area contributed by atoms with Crippen molar-refractivity contribution >= 4 is 11.8 Å². The molecule has 1 saturated heterocycles. The molecule has 160 valence electrons. The lowest BCUT2D eigenvalue weighted by Gasteiger charge is -2.24. The van der Waals surface area contributed by atoms with Crippen LogP contribution < -0.4 is 0 Å². The first-order chi connectivity index (χ1) is 15.1. The largest absolute Gasteiger partial charge is 0.341 e. The Labute approximate surface area is 182 Å². The third-order valence-electron chi connectivity index (χ3n) is 5.87. The Hall–Kier alpha value is -3.48. The molecule has 3 aromatic rings. The van der Waals surface area contributed by atoms with E-state index in [0.717, 1.165) is 16.7 Å². The molecule has 2 aromatic carbocycles. The number of hydrogen-bond donors (Lipinski definition) is 1. The highest BCUT2D eigenvalue weighted by atomic mass is 16.2. The number of hydrogen-bond acceptors (Lipinski definition) is 4. The quantitative estimate of drug-likeness (QED) is 0.692. The topological polar surface area (TPSA) is 82.2 Å². The zero-order valence-corrected chi connectivity index (χ0v) is 17.9. The van der Waals surface area contributed by atoms with E-state index in [4.69, 9.17) is 0 Å². The summed E-state index contributed by atoms with van der Waals surface area (Å²) in [6.45, 7) is 6.03. The summed E-state index contributed by atoms with van der Waals surface area (Å²) in [4.78, 5) is 33.7. The first-order valence-electron chi connectivity index (χ1n) is 10.6. The first kappa shape index (κ1) is 20.8. The van der Waals surface area contributed by atoms with Gasteiger partial charge in [-0.2, -0.15) is 5.10 Å². The van der Waals surface area contributed by atoms with Crippen LogP contribution in [0.5, 0.6) is 0 Å². The van der Waals surface area contributed by atoms with Crippen LogP contribution >= 0.6 is 0 Å². The highest BCUT2D eigenvalue weighted by Gasteiger charge is 2.33. The van der Waals surface area contributed by atoms with Crippen LogP contribution in [0.1, 0.15) is 28.7 Å². The van der Waals surface area contributed by atoms with Crippen molar-refractivity contribution in [1.29, 1.82) is 0 Å². The summed E-state index contributed by atoms with van der Waals surface area (Å²) in [6.07, 6.45) is 1.89. The molecule has 0 spiro atoms. The lowest BCUT2D eigenvalue weighted by molar-refractivity contribution is -0.134. The minimum absolute atomic E-state index is 0.0917. The molecule has 1 atom stereocenters. The number of nitrogens with zero attached hydrogens (tertiary/aromatic N) is 4. The minimum Gasteiger partial charge on any atom is -0.341 e. The monoisotopic (exact) mass is 417 g/mol. The van der Waals surface area contributed by atoms with E-state index in [2.05, 4.69) is 58.5 Å². The highest BCUT2D eigenvalue weighted by Crippen LogP contribution is 2.27. The number of nitrogens with one attached hydrogen (secondary N) is 1. The van der Waals surface area contributed by atoms with Crippen molar-refractivity contribution in [2.45, 2.75) is 20.3 Å². The fourth-order valence-corrected chi connectivity index (χ4v) is 4.13. The van der Waals surface area contributed by atoms with Gasteiger partial charge in [0.2, 0.25) is 11.7 Å². The Morgan fingerprint density at radius 1 is 1.13 bits per heavy atom. The molecule has 1 fully saturated rings. The number of amides is 2. The Morgan fingerprint density at radius 3 is 2.61 bits per heavy atom. The molecule has 1 aliphatic rings. The molecule has 0 aliphatic carbocycles. The predicted octanol–water partition coefficient (Wildman–Crippen LogP) is 2.94. The fourth-order valence-electron chi connectivity index (χ4n) is 4.13. The molecular formula is C24H27N5O2. The third kappa shape index (κ3) is 4.50. The van der Waals surface area contributed by atoms with E-state index in [1.165, 1.54) is 11.9 Å². The number of likely N-dealkylation sites (N-methyl/N-ethyl adjacent to an activating group) is 1. The lowest BCUT2D eigenvalue weighted by atomic mass is 9.91. The van der Waals surface area contributed by atoms with Crippen molar-refractivity contribution in [1.82, 2.24) is 25.0 Å². The van der Waals surface area contributed by atoms with Gasteiger partial charge in [0, 0.05) is 26.2 Å². The summed E-state index contributed by atoms with van der Waals surface area (Å²) in [5.41, 5.74) is 4.56. The second-order valence-electron chi connectivity index (χ2n) is 7.93. The Balaban J connectivity index is 1.63. The number of aromatic amines is 1. The normalized spacial score (nSPS) is 17.0. The van der Waals surface area contributed by atoms with Gasteiger partial charge in [-0.1, -0.05) is 54.1 Å². The first-order valence-corrected chi connectivity index (χ1v) is 10.6. The second kappa shape index (κ2) is 9.12. The summed E-state index contributed by atoms with van der Waals surface area (Å²) >= 11 is 0. The van der Waals surface area contributed by atoms with Crippen molar-refractivity contribution in [3.63, 3.8) is 0 Å². The van der Waals surface area contributed by atoms with E-state index in [-0.39, 0.29) is 23.6 Å². The minimum atomic E-state index is -0.319. The predicted molar refractivity (Wildman–Crippen MR) is 118 cm³/mol. The number of aromatic nitrogens is 3.